The molecule has 0 fully saturated rings. The molecule has 5 heteroatoms. The summed E-state index contributed by atoms with van der Waals surface area (Å²) in [5, 5.41) is 5.81. The van der Waals surface area contributed by atoms with Crippen molar-refractivity contribution < 1.29 is 9.18 Å². The van der Waals surface area contributed by atoms with Crippen molar-refractivity contribution in [3.63, 3.8) is 0 Å². The van der Waals surface area contributed by atoms with Crippen molar-refractivity contribution in [1.29, 1.82) is 0 Å². The number of nitrogens with one attached hydrogen (secondary N) is 2. The van der Waals surface area contributed by atoms with E-state index < -0.39 is 0 Å². The normalized spacial score (nSPS) is 10.6. The van der Waals surface area contributed by atoms with Gasteiger partial charge in [0.2, 0.25) is 0 Å². The Morgan fingerprint density at radius 3 is 2.76 bits per heavy atom. The summed E-state index contributed by atoms with van der Waals surface area (Å²) in [6, 6.07) is 13.2. The van der Waals surface area contributed by atoms with Crippen LogP contribution in [0.4, 0.5) is 9.18 Å². The van der Waals surface area contributed by atoms with Crippen molar-refractivity contribution in [2.75, 3.05) is 0 Å². The van der Waals surface area contributed by atoms with Crippen molar-refractivity contribution in [3.8, 4) is 0 Å². The number of halogens is 2. The van der Waals surface area contributed by atoms with Gasteiger partial charge >= 0.3 is 6.03 Å². The van der Waals surface area contributed by atoms with Gasteiger partial charge in [-0.3, -0.25) is 0 Å². The topological polar surface area (TPSA) is 41.1 Å². The van der Waals surface area contributed by atoms with Crippen LogP contribution in [0.25, 0.3) is 6.08 Å². The van der Waals surface area contributed by atoms with E-state index in [4.69, 9.17) is 11.6 Å². The lowest BCUT2D eigenvalue weighted by Gasteiger charge is -2.05. The summed E-state index contributed by atoms with van der Waals surface area (Å²) in [4.78, 5) is 11.6. The van der Waals surface area contributed by atoms with Crippen LogP contribution < -0.4 is 10.6 Å². The average Bonchev–Trinajstić information content (AvgIpc) is 2.47. The van der Waals surface area contributed by atoms with E-state index in [0.717, 1.165) is 5.56 Å². The zero-order valence-electron chi connectivity index (χ0n) is 11.1. The molecule has 108 valence electrons. The van der Waals surface area contributed by atoms with Crippen LogP contribution in [0.2, 0.25) is 5.02 Å². The highest BCUT2D eigenvalue weighted by atomic mass is 35.5. The molecule has 0 aliphatic heterocycles. The molecule has 0 radical (unpaired) electrons. The molecule has 2 N–H and O–H groups in total. The highest BCUT2D eigenvalue weighted by molar-refractivity contribution is 6.30. The number of amides is 2. The summed E-state index contributed by atoms with van der Waals surface area (Å²) in [6.07, 6.45) is 2.89. The van der Waals surface area contributed by atoms with Gasteiger partial charge in [-0.15, -0.1) is 0 Å². The number of hydrogen-bond donors (Lipinski definition) is 2. The van der Waals surface area contributed by atoms with Gasteiger partial charge in [0.05, 0.1) is 0 Å². The lowest BCUT2D eigenvalue weighted by atomic mass is 10.2. The molecule has 0 spiro atoms. The molecule has 0 unspecified atom stereocenters. The number of carbonyl (C=O) groups excluding carboxylic acids is 1. The molecule has 0 heterocycles. The quantitative estimate of drug-likeness (QED) is 0.882. The van der Waals surface area contributed by atoms with Crippen LogP contribution in [-0.4, -0.2) is 6.03 Å². The van der Waals surface area contributed by atoms with Crippen molar-refractivity contribution in [3.05, 3.63) is 76.7 Å². The molecule has 2 rings (SSSR count). The van der Waals surface area contributed by atoms with Crippen LogP contribution in [0.5, 0.6) is 0 Å². The first-order chi connectivity index (χ1) is 10.1. The van der Waals surface area contributed by atoms with Crippen LogP contribution >= 0.6 is 11.6 Å². The van der Waals surface area contributed by atoms with Gasteiger partial charge in [-0.2, -0.15) is 0 Å². The van der Waals surface area contributed by atoms with Gasteiger partial charge in [-0.1, -0.05) is 41.9 Å². The van der Waals surface area contributed by atoms with Crippen molar-refractivity contribution in [2.45, 2.75) is 6.54 Å². The third-order valence-electron chi connectivity index (χ3n) is 2.72. The predicted octanol–water partition coefficient (Wildman–Crippen LogP) is 3.95. The van der Waals surface area contributed by atoms with Crippen LogP contribution in [0, 0.1) is 5.82 Å². The maximum absolute atomic E-state index is 13.3. The van der Waals surface area contributed by atoms with Crippen LogP contribution in [0.3, 0.4) is 0 Å². The number of urea groups is 1. The predicted molar refractivity (Wildman–Crippen MR) is 82.3 cm³/mol. The Bertz CT molecular complexity index is 658. The Hall–Kier alpha value is -2.33. The van der Waals surface area contributed by atoms with Crippen molar-refractivity contribution >= 4 is 23.7 Å². The Kier molecular flexibility index (Phi) is 5.35. The Balaban J connectivity index is 1.81. The summed E-state index contributed by atoms with van der Waals surface area (Å²) < 4.78 is 13.3. The minimum atomic E-state index is -0.373. The van der Waals surface area contributed by atoms with E-state index in [2.05, 4.69) is 10.6 Å². The van der Waals surface area contributed by atoms with Gasteiger partial charge in [-0.05, 0) is 29.8 Å². The second kappa shape index (κ2) is 7.45. The third kappa shape index (κ3) is 4.93. The monoisotopic (exact) mass is 304 g/mol. The molecular formula is C16H14ClFN2O. The minimum absolute atomic E-state index is 0.338. The third-order valence-corrected chi connectivity index (χ3v) is 2.96. The first-order valence-corrected chi connectivity index (χ1v) is 6.73. The van der Waals surface area contributed by atoms with E-state index in [0.29, 0.717) is 17.1 Å². The summed E-state index contributed by atoms with van der Waals surface area (Å²) >= 11 is 5.85. The van der Waals surface area contributed by atoms with Crippen LogP contribution in [0.15, 0.2) is 54.7 Å². The number of hydrogen-bond acceptors (Lipinski definition) is 1. The molecule has 21 heavy (non-hydrogen) atoms. The van der Waals surface area contributed by atoms with E-state index in [1.165, 1.54) is 18.3 Å². The molecule has 0 saturated heterocycles. The van der Waals surface area contributed by atoms with Crippen molar-refractivity contribution in [2.24, 2.45) is 0 Å². The SMILES string of the molecule is O=C(N/C=C/c1ccccc1F)NCc1cccc(Cl)c1. The lowest BCUT2D eigenvalue weighted by Crippen LogP contribution is -2.31. The fourth-order valence-electron chi connectivity index (χ4n) is 1.70. The maximum atomic E-state index is 13.3. The van der Waals surface area contributed by atoms with Gasteiger partial charge in [0.25, 0.3) is 0 Å². The Labute approximate surface area is 127 Å². The summed E-state index contributed by atoms with van der Waals surface area (Å²) in [7, 11) is 0. The highest BCUT2D eigenvalue weighted by Crippen LogP contribution is 2.10. The molecule has 2 amide bonds. The van der Waals surface area contributed by atoms with Crippen LogP contribution in [-0.2, 0) is 6.54 Å². The fourth-order valence-corrected chi connectivity index (χ4v) is 1.91. The van der Waals surface area contributed by atoms with Gasteiger partial charge in [0.1, 0.15) is 5.82 Å². The van der Waals surface area contributed by atoms with E-state index >= 15 is 0 Å². The average molecular weight is 305 g/mol. The first-order valence-electron chi connectivity index (χ1n) is 6.35. The summed E-state index contributed by atoms with van der Waals surface area (Å²) in [6.45, 7) is 0.361. The lowest BCUT2D eigenvalue weighted by molar-refractivity contribution is 0.244. The van der Waals surface area contributed by atoms with E-state index in [-0.39, 0.29) is 11.8 Å². The van der Waals surface area contributed by atoms with Crippen LogP contribution in [0.1, 0.15) is 11.1 Å². The summed E-state index contributed by atoms with van der Waals surface area (Å²) in [5.41, 5.74) is 1.31. The first kappa shape index (κ1) is 15.1. The molecule has 0 aromatic heterocycles. The van der Waals surface area contributed by atoms with E-state index in [1.54, 1.807) is 30.3 Å². The standard InChI is InChI=1S/C16H14ClFN2O/c17-14-6-3-4-12(10-14)11-20-16(21)19-9-8-13-5-1-2-7-15(13)18/h1-10H,11H2,(H2,19,20,21)/b9-8+. The maximum Gasteiger partial charge on any atom is 0.319 e. The molecule has 3 nitrogen and oxygen atoms in total. The van der Waals surface area contributed by atoms with Gasteiger partial charge in [0, 0.05) is 23.3 Å². The minimum Gasteiger partial charge on any atom is -0.334 e. The number of rotatable bonds is 4. The molecule has 0 aliphatic carbocycles. The highest BCUT2D eigenvalue weighted by Gasteiger charge is 1.99. The molecule has 0 aliphatic rings. The second-order valence-electron chi connectivity index (χ2n) is 4.31. The zero-order valence-corrected chi connectivity index (χ0v) is 11.9. The van der Waals surface area contributed by atoms with Gasteiger partial charge in [0.15, 0.2) is 0 Å². The van der Waals surface area contributed by atoms with Crippen molar-refractivity contribution in [1.82, 2.24) is 10.6 Å². The zero-order chi connectivity index (χ0) is 15.1. The second-order valence-corrected chi connectivity index (χ2v) is 4.75. The fraction of sp³-hybridized carbons (Fsp3) is 0.0625. The molecule has 2 aromatic rings. The Morgan fingerprint density at radius 2 is 2.00 bits per heavy atom. The number of carbonyl (C=O) groups is 1. The molecular weight excluding hydrogens is 291 g/mol. The molecule has 0 atom stereocenters. The van der Waals surface area contributed by atoms with E-state index in [9.17, 15) is 9.18 Å². The summed E-state index contributed by atoms with van der Waals surface area (Å²) in [5.74, 6) is -0.338. The van der Waals surface area contributed by atoms with Gasteiger partial charge < -0.3 is 10.6 Å². The smallest absolute Gasteiger partial charge is 0.319 e. The molecule has 0 saturated carbocycles. The molecule has 0 bridgehead atoms. The Morgan fingerprint density at radius 1 is 1.19 bits per heavy atom. The molecule has 2 aromatic carbocycles. The largest absolute Gasteiger partial charge is 0.334 e. The van der Waals surface area contributed by atoms with E-state index in [1.807, 2.05) is 12.1 Å². The van der Waals surface area contributed by atoms with Gasteiger partial charge in [-0.25, -0.2) is 9.18 Å². The number of benzene rings is 2.